The van der Waals surface area contributed by atoms with Crippen LogP contribution in [-0.2, 0) is 10.0 Å². The van der Waals surface area contributed by atoms with E-state index in [1.807, 2.05) is 31.2 Å². The molecule has 3 N–H and O–H groups in total. The monoisotopic (exact) mass is 440 g/mol. The van der Waals surface area contributed by atoms with Crippen molar-refractivity contribution in [1.29, 1.82) is 0 Å². The summed E-state index contributed by atoms with van der Waals surface area (Å²) in [5, 5.41) is 8.02. The highest BCUT2D eigenvalue weighted by molar-refractivity contribution is 7.89. The van der Waals surface area contributed by atoms with Gasteiger partial charge in [0.15, 0.2) is 0 Å². The van der Waals surface area contributed by atoms with Crippen molar-refractivity contribution in [2.75, 3.05) is 11.9 Å². The normalized spacial score (nSPS) is 11.1. The van der Waals surface area contributed by atoms with Crippen molar-refractivity contribution in [3.63, 3.8) is 0 Å². The summed E-state index contributed by atoms with van der Waals surface area (Å²) in [7, 11) is -3.93. The summed E-state index contributed by atoms with van der Waals surface area (Å²) in [5.41, 5.74) is 1.94. The van der Waals surface area contributed by atoms with Gasteiger partial charge in [-0.15, -0.1) is 0 Å². The van der Waals surface area contributed by atoms with E-state index in [-0.39, 0.29) is 10.5 Å². The van der Waals surface area contributed by atoms with Crippen LogP contribution in [0, 0.1) is 13.8 Å². The van der Waals surface area contributed by atoms with E-state index >= 15 is 0 Å². The number of benzene rings is 3. The Morgan fingerprint density at radius 1 is 0.935 bits per heavy atom. The maximum Gasteiger partial charge on any atom is 0.255 e. The third kappa shape index (κ3) is 5.62. The molecule has 0 aliphatic carbocycles. The molecule has 7 nitrogen and oxygen atoms in total. The van der Waals surface area contributed by atoms with Crippen LogP contribution in [0.4, 0.5) is 5.69 Å². The Hall–Kier alpha value is -3.36. The van der Waals surface area contributed by atoms with Gasteiger partial charge >= 0.3 is 0 Å². The Kier molecular flexibility index (Phi) is 6.62. The number of rotatable bonds is 7. The van der Waals surface area contributed by atoms with Gasteiger partial charge in [-0.05, 0) is 92.6 Å². The zero-order valence-corrected chi connectivity index (χ0v) is 18.3. The van der Waals surface area contributed by atoms with Crippen molar-refractivity contribution in [2.24, 2.45) is 5.14 Å². The Labute approximate surface area is 181 Å². The highest BCUT2D eigenvalue weighted by Gasteiger charge is 2.17. The van der Waals surface area contributed by atoms with Gasteiger partial charge in [0.2, 0.25) is 10.0 Å². The van der Waals surface area contributed by atoms with Crippen LogP contribution in [0.25, 0.3) is 0 Å². The van der Waals surface area contributed by atoms with Crippen LogP contribution in [0.2, 0.25) is 0 Å². The number of nitrogens with two attached hydrogens (primary N) is 1. The number of carbonyl (C=O) groups excluding carboxylic acids is 1. The molecule has 0 aromatic heterocycles. The van der Waals surface area contributed by atoms with E-state index in [1.165, 1.54) is 6.07 Å². The maximum atomic E-state index is 12.6. The van der Waals surface area contributed by atoms with Crippen LogP contribution in [0.1, 0.15) is 28.4 Å². The molecule has 8 heteroatoms. The average molecular weight is 441 g/mol. The number of hydrogen-bond acceptors (Lipinski definition) is 5. The van der Waals surface area contributed by atoms with Crippen LogP contribution < -0.4 is 19.9 Å². The fraction of sp³-hybridized carbons (Fsp3) is 0.174. The molecule has 1 amide bonds. The van der Waals surface area contributed by atoms with Crippen LogP contribution in [0.15, 0.2) is 65.6 Å². The quantitative estimate of drug-likeness (QED) is 0.566. The van der Waals surface area contributed by atoms with E-state index in [0.717, 1.165) is 5.75 Å². The lowest BCUT2D eigenvalue weighted by molar-refractivity contribution is 0.102. The summed E-state index contributed by atoms with van der Waals surface area (Å²) >= 11 is 0. The molecule has 31 heavy (non-hydrogen) atoms. The van der Waals surface area contributed by atoms with Crippen LogP contribution >= 0.6 is 0 Å². The standard InChI is InChI=1S/C23H24N2O5S/c1-4-29-19-9-11-21(12-10-19)30-20-7-5-18(6-8-20)25-23(26)17-13-15(2)16(3)22(14-17)31(24,27)28/h5-14H,4H2,1-3H3,(H,25,26)(H2,24,27,28). The molecule has 0 bridgehead atoms. The van der Waals surface area contributed by atoms with E-state index in [9.17, 15) is 13.2 Å². The molecule has 3 rings (SSSR count). The first kappa shape index (κ1) is 22.3. The Morgan fingerprint density at radius 2 is 1.48 bits per heavy atom. The third-order valence-electron chi connectivity index (χ3n) is 4.67. The zero-order valence-electron chi connectivity index (χ0n) is 17.5. The predicted octanol–water partition coefficient (Wildman–Crippen LogP) is 4.39. The van der Waals surface area contributed by atoms with Crippen molar-refractivity contribution < 1.29 is 22.7 Å². The summed E-state index contributed by atoms with van der Waals surface area (Å²) in [6.07, 6.45) is 0. The van der Waals surface area contributed by atoms with Crippen molar-refractivity contribution >= 4 is 21.6 Å². The summed E-state index contributed by atoms with van der Waals surface area (Å²) in [6, 6.07) is 17.0. The summed E-state index contributed by atoms with van der Waals surface area (Å²) < 4.78 is 34.8. The van der Waals surface area contributed by atoms with Crippen LogP contribution in [0.3, 0.4) is 0 Å². The number of hydrogen-bond donors (Lipinski definition) is 2. The molecule has 162 valence electrons. The second-order valence-electron chi connectivity index (χ2n) is 6.95. The van der Waals surface area contributed by atoms with Gasteiger partial charge in [0.25, 0.3) is 5.91 Å². The molecule has 0 atom stereocenters. The van der Waals surface area contributed by atoms with Gasteiger partial charge in [-0.2, -0.15) is 0 Å². The molecule has 3 aromatic rings. The number of nitrogens with one attached hydrogen (secondary N) is 1. The fourth-order valence-corrected chi connectivity index (χ4v) is 3.85. The second kappa shape index (κ2) is 9.20. The molecule has 0 unspecified atom stereocenters. The van der Waals surface area contributed by atoms with Gasteiger partial charge in [-0.25, -0.2) is 13.6 Å². The molecular formula is C23H24N2O5S. The zero-order chi connectivity index (χ0) is 22.6. The van der Waals surface area contributed by atoms with E-state index < -0.39 is 15.9 Å². The number of carbonyl (C=O) groups is 1. The molecule has 0 fully saturated rings. The van der Waals surface area contributed by atoms with Crippen molar-refractivity contribution in [3.05, 3.63) is 77.4 Å². The van der Waals surface area contributed by atoms with Crippen LogP contribution in [-0.4, -0.2) is 20.9 Å². The highest BCUT2D eigenvalue weighted by Crippen LogP contribution is 2.26. The average Bonchev–Trinajstić information content (AvgIpc) is 2.72. The summed E-state index contributed by atoms with van der Waals surface area (Å²) in [5.74, 6) is 1.59. The molecule has 0 radical (unpaired) electrons. The maximum absolute atomic E-state index is 12.6. The van der Waals surface area contributed by atoms with Gasteiger partial charge in [-0.3, -0.25) is 4.79 Å². The number of ether oxygens (including phenoxy) is 2. The number of primary sulfonamides is 1. The minimum Gasteiger partial charge on any atom is -0.494 e. The molecule has 0 heterocycles. The van der Waals surface area contributed by atoms with Crippen molar-refractivity contribution in [3.8, 4) is 17.2 Å². The van der Waals surface area contributed by atoms with Crippen molar-refractivity contribution in [1.82, 2.24) is 0 Å². The molecule has 0 saturated carbocycles. The Morgan fingerprint density at radius 3 is 2.03 bits per heavy atom. The van der Waals surface area contributed by atoms with E-state index in [1.54, 1.807) is 44.2 Å². The minimum absolute atomic E-state index is 0.0586. The predicted molar refractivity (Wildman–Crippen MR) is 119 cm³/mol. The summed E-state index contributed by atoms with van der Waals surface area (Å²) in [6.45, 7) is 5.90. The first-order valence-electron chi connectivity index (χ1n) is 9.63. The van der Waals surface area contributed by atoms with Gasteiger partial charge in [-0.1, -0.05) is 0 Å². The smallest absolute Gasteiger partial charge is 0.255 e. The van der Waals surface area contributed by atoms with Gasteiger partial charge in [0.05, 0.1) is 11.5 Å². The number of anilines is 1. The SMILES string of the molecule is CCOc1ccc(Oc2ccc(NC(=O)c3cc(C)c(C)c(S(N)(=O)=O)c3)cc2)cc1. The number of aryl methyl sites for hydroxylation is 1. The molecule has 0 saturated heterocycles. The molecule has 0 spiro atoms. The van der Waals surface area contributed by atoms with Crippen molar-refractivity contribution in [2.45, 2.75) is 25.7 Å². The fourth-order valence-electron chi connectivity index (χ4n) is 2.97. The molecule has 3 aromatic carbocycles. The lowest BCUT2D eigenvalue weighted by Gasteiger charge is -2.12. The molecule has 0 aliphatic rings. The van der Waals surface area contributed by atoms with E-state index in [4.69, 9.17) is 14.6 Å². The van der Waals surface area contributed by atoms with E-state index in [2.05, 4.69) is 5.32 Å². The Bertz CT molecular complexity index is 1190. The third-order valence-corrected chi connectivity index (χ3v) is 5.71. The van der Waals surface area contributed by atoms with Gasteiger partial charge in [0, 0.05) is 11.3 Å². The lowest BCUT2D eigenvalue weighted by atomic mass is 10.1. The highest BCUT2D eigenvalue weighted by atomic mass is 32.2. The molecular weight excluding hydrogens is 416 g/mol. The first-order chi connectivity index (χ1) is 14.7. The minimum atomic E-state index is -3.93. The van der Waals surface area contributed by atoms with Gasteiger partial charge in [0.1, 0.15) is 17.2 Å². The topological polar surface area (TPSA) is 108 Å². The number of sulfonamides is 1. The molecule has 0 aliphatic heterocycles. The van der Waals surface area contributed by atoms with E-state index in [0.29, 0.717) is 34.9 Å². The van der Waals surface area contributed by atoms with Gasteiger partial charge < -0.3 is 14.8 Å². The Balaban J connectivity index is 1.71. The largest absolute Gasteiger partial charge is 0.494 e. The second-order valence-corrected chi connectivity index (χ2v) is 8.48. The first-order valence-corrected chi connectivity index (χ1v) is 11.2. The number of amides is 1. The van der Waals surface area contributed by atoms with Crippen LogP contribution in [0.5, 0.6) is 17.2 Å². The lowest BCUT2D eigenvalue weighted by Crippen LogP contribution is -2.17. The summed E-state index contributed by atoms with van der Waals surface area (Å²) in [4.78, 5) is 12.6.